The molecule has 0 saturated carbocycles. The first-order valence-electron chi connectivity index (χ1n) is 4.48. The molecule has 0 saturated heterocycles. The van der Waals surface area contributed by atoms with E-state index in [1.807, 2.05) is 18.2 Å². The summed E-state index contributed by atoms with van der Waals surface area (Å²) in [5.41, 5.74) is 1.16. The van der Waals surface area contributed by atoms with E-state index in [4.69, 9.17) is 14.2 Å². The molecule has 0 bridgehead atoms. The predicted octanol–water partition coefficient (Wildman–Crippen LogP) is 1.11. The van der Waals surface area contributed by atoms with Crippen molar-refractivity contribution in [1.82, 2.24) is 5.32 Å². The molecule has 0 aliphatic carbocycles. The molecule has 0 aromatic heterocycles. The summed E-state index contributed by atoms with van der Waals surface area (Å²) in [5, 5.41) is 3.12. The number of hydrogen-bond acceptors (Lipinski definition) is 4. The van der Waals surface area contributed by atoms with Crippen LogP contribution in [0.15, 0.2) is 18.2 Å². The summed E-state index contributed by atoms with van der Waals surface area (Å²) < 4.78 is 15.4. The van der Waals surface area contributed by atoms with Crippen LogP contribution in [0.5, 0.6) is 11.5 Å². The minimum absolute atomic E-state index is 0.324. The van der Waals surface area contributed by atoms with Gasteiger partial charge in [0.15, 0.2) is 11.5 Å². The number of nitrogens with one attached hydrogen (secondary N) is 1. The second kappa shape index (κ2) is 4.30. The highest BCUT2D eigenvalue weighted by molar-refractivity contribution is 5.44. The lowest BCUT2D eigenvalue weighted by Gasteiger charge is -2.04. The van der Waals surface area contributed by atoms with E-state index in [2.05, 4.69) is 5.32 Å². The zero-order valence-electron chi connectivity index (χ0n) is 8.08. The lowest BCUT2D eigenvalue weighted by Crippen LogP contribution is -2.15. The van der Waals surface area contributed by atoms with Crippen molar-refractivity contribution in [2.45, 2.75) is 6.54 Å². The maximum absolute atomic E-state index is 5.26. The van der Waals surface area contributed by atoms with E-state index in [9.17, 15) is 0 Å². The lowest BCUT2D eigenvalue weighted by molar-refractivity contribution is 0.173. The predicted molar refractivity (Wildman–Crippen MR) is 51.3 cm³/mol. The number of fused-ring (bicyclic) bond motifs is 1. The third-order valence-corrected chi connectivity index (χ3v) is 2.01. The highest BCUT2D eigenvalue weighted by Crippen LogP contribution is 2.32. The Bertz CT molecular complexity index is 314. The van der Waals surface area contributed by atoms with E-state index in [0.717, 1.165) is 23.6 Å². The Kier molecular flexibility index (Phi) is 2.86. The van der Waals surface area contributed by atoms with E-state index >= 15 is 0 Å². The Morgan fingerprint density at radius 3 is 3.07 bits per heavy atom. The Hall–Kier alpha value is -1.26. The molecule has 2 rings (SSSR count). The Labute approximate surface area is 82.8 Å². The molecule has 4 heteroatoms. The van der Waals surface area contributed by atoms with Gasteiger partial charge in [0.1, 0.15) is 0 Å². The van der Waals surface area contributed by atoms with Gasteiger partial charge in [-0.25, -0.2) is 0 Å². The molecule has 0 spiro atoms. The van der Waals surface area contributed by atoms with Crippen molar-refractivity contribution in [3.8, 4) is 11.5 Å². The van der Waals surface area contributed by atoms with Gasteiger partial charge in [0.05, 0.1) is 6.73 Å². The fraction of sp³-hybridized carbons (Fsp3) is 0.400. The van der Waals surface area contributed by atoms with Gasteiger partial charge in [0.2, 0.25) is 6.79 Å². The van der Waals surface area contributed by atoms with E-state index in [0.29, 0.717) is 13.5 Å². The largest absolute Gasteiger partial charge is 0.454 e. The Morgan fingerprint density at radius 1 is 1.36 bits per heavy atom. The van der Waals surface area contributed by atoms with Crippen LogP contribution in [0, 0.1) is 0 Å². The smallest absolute Gasteiger partial charge is 0.231 e. The third-order valence-electron chi connectivity index (χ3n) is 2.01. The van der Waals surface area contributed by atoms with Gasteiger partial charge in [0, 0.05) is 13.7 Å². The molecular formula is C10H13NO3. The van der Waals surface area contributed by atoms with Gasteiger partial charge in [-0.2, -0.15) is 0 Å². The standard InChI is InChI=1S/C10H13NO3/c1-12-6-11-5-8-2-3-9-10(4-8)14-7-13-9/h2-4,11H,5-7H2,1H3. The molecule has 0 fully saturated rings. The molecule has 1 aromatic rings. The molecule has 0 amide bonds. The van der Waals surface area contributed by atoms with Crippen LogP contribution < -0.4 is 14.8 Å². The van der Waals surface area contributed by atoms with Crippen molar-refractivity contribution >= 4 is 0 Å². The summed E-state index contributed by atoms with van der Waals surface area (Å²) in [6.07, 6.45) is 0. The first-order valence-corrected chi connectivity index (χ1v) is 4.48. The second-order valence-corrected chi connectivity index (χ2v) is 3.05. The first kappa shape index (κ1) is 9.30. The topological polar surface area (TPSA) is 39.7 Å². The monoisotopic (exact) mass is 195 g/mol. The van der Waals surface area contributed by atoms with Crippen LogP contribution in [0.25, 0.3) is 0 Å². The summed E-state index contributed by atoms with van der Waals surface area (Å²) in [5.74, 6) is 1.64. The minimum Gasteiger partial charge on any atom is -0.454 e. The SMILES string of the molecule is COCNCc1ccc2c(c1)OCO2. The number of benzene rings is 1. The van der Waals surface area contributed by atoms with Crippen LogP contribution in [0.1, 0.15) is 5.56 Å². The number of methoxy groups -OCH3 is 1. The molecular weight excluding hydrogens is 182 g/mol. The van der Waals surface area contributed by atoms with Gasteiger partial charge in [0.25, 0.3) is 0 Å². The molecule has 0 atom stereocenters. The Morgan fingerprint density at radius 2 is 2.21 bits per heavy atom. The van der Waals surface area contributed by atoms with Gasteiger partial charge in [-0.3, -0.25) is 5.32 Å². The molecule has 1 aromatic carbocycles. The second-order valence-electron chi connectivity index (χ2n) is 3.05. The summed E-state index contributed by atoms with van der Waals surface area (Å²) >= 11 is 0. The summed E-state index contributed by atoms with van der Waals surface area (Å²) in [7, 11) is 1.66. The van der Waals surface area contributed by atoms with Gasteiger partial charge < -0.3 is 14.2 Å². The van der Waals surface area contributed by atoms with Gasteiger partial charge in [-0.15, -0.1) is 0 Å². The van der Waals surface area contributed by atoms with Crippen LogP contribution in [-0.2, 0) is 11.3 Å². The van der Waals surface area contributed by atoms with Crippen LogP contribution in [0.3, 0.4) is 0 Å². The molecule has 14 heavy (non-hydrogen) atoms. The molecule has 4 nitrogen and oxygen atoms in total. The van der Waals surface area contributed by atoms with E-state index < -0.39 is 0 Å². The minimum atomic E-state index is 0.324. The fourth-order valence-electron chi connectivity index (χ4n) is 1.35. The van der Waals surface area contributed by atoms with E-state index in [1.165, 1.54) is 0 Å². The highest BCUT2D eigenvalue weighted by Gasteiger charge is 2.12. The zero-order chi connectivity index (χ0) is 9.80. The van der Waals surface area contributed by atoms with E-state index in [-0.39, 0.29) is 0 Å². The maximum atomic E-state index is 5.26. The molecule has 1 N–H and O–H groups in total. The Balaban J connectivity index is 1.98. The van der Waals surface area contributed by atoms with Crippen LogP contribution in [0.4, 0.5) is 0 Å². The molecule has 0 unspecified atom stereocenters. The molecule has 1 heterocycles. The quantitative estimate of drug-likeness (QED) is 0.577. The third kappa shape index (κ3) is 1.97. The first-order chi connectivity index (χ1) is 6.90. The normalized spacial score (nSPS) is 13.2. The average molecular weight is 195 g/mol. The molecule has 1 aliphatic heterocycles. The maximum Gasteiger partial charge on any atom is 0.231 e. The van der Waals surface area contributed by atoms with Crippen LogP contribution in [-0.4, -0.2) is 20.6 Å². The lowest BCUT2D eigenvalue weighted by atomic mass is 10.2. The van der Waals surface area contributed by atoms with Crippen molar-refractivity contribution in [1.29, 1.82) is 0 Å². The van der Waals surface area contributed by atoms with Crippen molar-refractivity contribution < 1.29 is 14.2 Å². The highest BCUT2D eigenvalue weighted by atomic mass is 16.7. The van der Waals surface area contributed by atoms with E-state index in [1.54, 1.807) is 7.11 Å². The molecule has 76 valence electrons. The average Bonchev–Trinajstić information content (AvgIpc) is 2.65. The number of ether oxygens (including phenoxy) is 3. The summed E-state index contributed by atoms with van der Waals surface area (Å²) in [6, 6.07) is 5.91. The van der Waals surface area contributed by atoms with Crippen molar-refractivity contribution in [2.75, 3.05) is 20.6 Å². The summed E-state index contributed by atoms with van der Waals surface area (Å²) in [4.78, 5) is 0. The number of rotatable bonds is 4. The zero-order valence-corrected chi connectivity index (χ0v) is 8.08. The fourth-order valence-corrected chi connectivity index (χ4v) is 1.35. The van der Waals surface area contributed by atoms with Crippen molar-refractivity contribution in [3.05, 3.63) is 23.8 Å². The van der Waals surface area contributed by atoms with Crippen molar-refractivity contribution in [3.63, 3.8) is 0 Å². The van der Waals surface area contributed by atoms with Gasteiger partial charge >= 0.3 is 0 Å². The van der Waals surface area contributed by atoms with Crippen molar-refractivity contribution in [2.24, 2.45) is 0 Å². The van der Waals surface area contributed by atoms with Gasteiger partial charge in [-0.1, -0.05) is 6.07 Å². The van der Waals surface area contributed by atoms with Gasteiger partial charge in [-0.05, 0) is 17.7 Å². The summed E-state index contributed by atoms with van der Waals surface area (Å²) in [6.45, 7) is 1.64. The molecule has 1 aliphatic rings. The molecule has 0 radical (unpaired) electrons. The van der Waals surface area contributed by atoms with Crippen LogP contribution >= 0.6 is 0 Å². The number of hydrogen-bond donors (Lipinski definition) is 1. The van der Waals surface area contributed by atoms with Crippen LogP contribution in [0.2, 0.25) is 0 Å².